The molecule has 144 valence electrons. The summed E-state index contributed by atoms with van der Waals surface area (Å²) in [6.07, 6.45) is -0.674. The van der Waals surface area contributed by atoms with Gasteiger partial charge in [0.15, 0.2) is 0 Å². The molecular weight excluding hydrogens is 381 g/mol. The summed E-state index contributed by atoms with van der Waals surface area (Å²) in [5.41, 5.74) is 0.335. The number of hydrogen-bond acceptors (Lipinski definition) is 5. The average molecular weight is 404 g/mol. The molecule has 1 rings (SSSR count). The summed E-state index contributed by atoms with van der Waals surface area (Å²) < 4.78 is 5.12. The van der Waals surface area contributed by atoms with E-state index < -0.39 is 23.6 Å². The van der Waals surface area contributed by atoms with E-state index in [2.05, 4.69) is 15.8 Å². The first-order valence-electron chi connectivity index (χ1n) is 7.86. The van der Waals surface area contributed by atoms with E-state index in [1.807, 2.05) is 0 Å². The van der Waals surface area contributed by atoms with Crippen LogP contribution in [0.4, 0.5) is 4.79 Å². The SMILES string of the molecule is CON=C(CNC(=O)C(C)NC(=O)OC(C)(C)C)c1ccc(Cl)cc1Cl. The molecule has 7 nitrogen and oxygen atoms in total. The number of alkyl carbamates (subject to hydrolysis) is 1. The molecule has 0 aromatic heterocycles. The number of carbonyl (C=O) groups is 2. The van der Waals surface area contributed by atoms with Crippen LogP contribution in [0.25, 0.3) is 0 Å². The first-order chi connectivity index (χ1) is 12.0. The van der Waals surface area contributed by atoms with Crippen LogP contribution in [0.15, 0.2) is 23.4 Å². The van der Waals surface area contributed by atoms with Crippen molar-refractivity contribution in [3.05, 3.63) is 33.8 Å². The van der Waals surface area contributed by atoms with Crippen LogP contribution in [-0.2, 0) is 14.4 Å². The Hall–Kier alpha value is -1.99. The van der Waals surface area contributed by atoms with E-state index in [4.69, 9.17) is 32.8 Å². The van der Waals surface area contributed by atoms with Gasteiger partial charge in [-0.15, -0.1) is 0 Å². The molecule has 0 heterocycles. The lowest BCUT2D eigenvalue weighted by Gasteiger charge is -2.21. The van der Waals surface area contributed by atoms with Crippen LogP contribution in [0.1, 0.15) is 33.3 Å². The van der Waals surface area contributed by atoms with Gasteiger partial charge in [0.25, 0.3) is 0 Å². The largest absolute Gasteiger partial charge is 0.444 e. The minimum absolute atomic E-state index is 0.0500. The van der Waals surface area contributed by atoms with Crippen LogP contribution in [0, 0.1) is 0 Å². The Morgan fingerprint density at radius 1 is 1.27 bits per heavy atom. The highest BCUT2D eigenvalue weighted by molar-refractivity contribution is 6.37. The maximum atomic E-state index is 12.2. The maximum Gasteiger partial charge on any atom is 0.408 e. The maximum absolute atomic E-state index is 12.2. The number of hydrogen-bond donors (Lipinski definition) is 2. The third-order valence-corrected chi connectivity index (χ3v) is 3.55. The van der Waals surface area contributed by atoms with Crippen LogP contribution in [0.5, 0.6) is 0 Å². The summed E-state index contributed by atoms with van der Waals surface area (Å²) in [6, 6.07) is 4.10. The summed E-state index contributed by atoms with van der Waals surface area (Å²) in [7, 11) is 1.39. The Labute approximate surface area is 163 Å². The van der Waals surface area contributed by atoms with Gasteiger partial charge in [-0.2, -0.15) is 0 Å². The number of benzene rings is 1. The summed E-state index contributed by atoms with van der Waals surface area (Å²) in [4.78, 5) is 28.7. The minimum Gasteiger partial charge on any atom is -0.444 e. The second-order valence-corrected chi connectivity index (χ2v) is 7.27. The van der Waals surface area contributed by atoms with E-state index in [1.165, 1.54) is 7.11 Å². The molecular formula is C17H23Cl2N3O4. The Balaban J connectivity index is 2.70. The molecule has 1 aromatic rings. The number of nitrogens with zero attached hydrogens (tertiary/aromatic N) is 1. The van der Waals surface area contributed by atoms with E-state index >= 15 is 0 Å². The molecule has 2 amide bonds. The number of nitrogens with one attached hydrogen (secondary N) is 2. The molecule has 0 spiro atoms. The van der Waals surface area contributed by atoms with Crippen molar-refractivity contribution in [1.82, 2.24) is 10.6 Å². The Kier molecular flexibility index (Phi) is 8.17. The van der Waals surface area contributed by atoms with Crippen molar-refractivity contribution in [2.75, 3.05) is 13.7 Å². The van der Waals surface area contributed by atoms with Crippen molar-refractivity contribution < 1.29 is 19.2 Å². The van der Waals surface area contributed by atoms with Gasteiger partial charge in [0, 0.05) is 10.6 Å². The lowest BCUT2D eigenvalue weighted by molar-refractivity contribution is -0.122. The smallest absolute Gasteiger partial charge is 0.408 e. The van der Waals surface area contributed by atoms with E-state index in [9.17, 15) is 9.59 Å². The van der Waals surface area contributed by atoms with Crippen molar-refractivity contribution in [2.24, 2.45) is 5.16 Å². The number of amides is 2. The van der Waals surface area contributed by atoms with Gasteiger partial charge in [-0.25, -0.2) is 4.79 Å². The van der Waals surface area contributed by atoms with Crippen LogP contribution < -0.4 is 10.6 Å². The Morgan fingerprint density at radius 2 is 1.92 bits per heavy atom. The number of oxime groups is 1. The minimum atomic E-state index is -0.797. The zero-order chi connectivity index (χ0) is 19.9. The van der Waals surface area contributed by atoms with Crippen LogP contribution in [-0.4, -0.2) is 43.0 Å². The van der Waals surface area contributed by atoms with Crippen LogP contribution in [0.2, 0.25) is 10.0 Å². The summed E-state index contributed by atoms with van der Waals surface area (Å²) >= 11 is 12.0. The fourth-order valence-electron chi connectivity index (χ4n) is 1.88. The van der Waals surface area contributed by atoms with Gasteiger partial charge in [-0.05, 0) is 45.9 Å². The number of carbonyl (C=O) groups excluding carboxylic acids is 2. The third-order valence-electron chi connectivity index (χ3n) is 3.00. The van der Waals surface area contributed by atoms with Crippen molar-refractivity contribution in [3.63, 3.8) is 0 Å². The standard InChI is InChI=1S/C17H23Cl2N3O4/c1-10(21-16(24)26-17(2,3)4)15(23)20-9-14(22-25-5)12-7-6-11(18)8-13(12)19/h6-8,10H,9H2,1-5H3,(H,20,23)(H,21,24). The second-order valence-electron chi connectivity index (χ2n) is 6.43. The molecule has 1 unspecified atom stereocenters. The molecule has 0 saturated carbocycles. The van der Waals surface area contributed by atoms with Gasteiger partial charge in [0.05, 0.1) is 11.6 Å². The average Bonchev–Trinajstić information content (AvgIpc) is 2.49. The molecule has 0 fully saturated rings. The predicted octanol–water partition coefficient (Wildman–Crippen LogP) is 3.37. The molecule has 1 atom stereocenters. The van der Waals surface area contributed by atoms with Crippen LogP contribution in [0.3, 0.4) is 0 Å². The summed E-state index contributed by atoms with van der Waals surface area (Å²) in [5.74, 6) is -0.412. The quantitative estimate of drug-likeness (QED) is 0.562. The lowest BCUT2D eigenvalue weighted by Crippen LogP contribution is -2.47. The molecule has 0 aliphatic carbocycles. The Morgan fingerprint density at radius 3 is 2.46 bits per heavy atom. The fraction of sp³-hybridized carbons (Fsp3) is 0.471. The number of halogens is 2. The molecule has 2 N–H and O–H groups in total. The number of ether oxygens (including phenoxy) is 1. The zero-order valence-electron chi connectivity index (χ0n) is 15.4. The van der Waals surface area contributed by atoms with Gasteiger partial charge >= 0.3 is 6.09 Å². The zero-order valence-corrected chi connectivity index (χ0v) is 16.9. The highest BCUT2D eigenvalue weighted by atomic mass is 35.5. The van der Waals surface area contributed by atoms with Gasteiger partial charge in [0.1, 0.15) is 24.5 Å². The van der Waals surface area contributed by atoms with E-state index in [-0.39, 0.29) is 6.54 Å². The molecule has 0 radical (unpaired) electrons. The first kappa shape index (κ1) is 22.1. The third kappa shape index (κ3) is 7.49. The Bertz CT molecular complexity index is 687. The van der Waals surface area contributed by atoms with Gasteiger partial charge < -0.3 is 20.2 Å². The van der Waals surface area contributed by atoms with Gasteiger partial charge in [0.2, 0.25) is 5.91 Å². The predicted molar refractivity (Wildman–Crippen MR) is 102 cm³/mol. The summed E-state index contributed by atoms with van der Waals surface area (Å²) in [5, 5.41) is 9.87. The monoisotopic (exact) mass is 403 g/mol. The molecule has 0 aliphatic rings. The van der Waals surface area contributed by atoms with Gasteiger partial charge in [-0.3, -0.25) is 4.79 Å². The number of rotatable bonds is 6. The fourth-order valence-corrected chi connectivity index (χ4v) is 2.40. The van der Waals surface area contributed by atoms with Crippen molar-refractivity contribution in [3.8, 4) is 0 Å². The first-order valence-corrected chi connectivity index (χ1v) is 8.61. The summed E-state index contributed by atoms with van der Waals surface area (Å²) in [6.45, 7) is 6.80. The second kappa shape index (κ2) is 9.64. The lowest BCUT2D eigenvalue weighted by atomic mass is 10.1. The van der Waals surface area contributed by atoms with E-state index in [0.717, 1.165) is 0 Å². The topological polar surface area (TPSA) is 89.0 Å². The molecule has 0 bridgehead atoms. The van der Waals surface area contributed by atoms with Crippen LogP contribution >= 0.6 is 23.2 Å². The highest BCUT2D eigenvalue weighted by Gasteiger charge is 2.21. The van der Waals surface area contributed by atoms with E-state index in [0.29, 0.717) is 21.3 Å². The van der Waals surface area contributed by atoms with Crippen molar-refractivity contribution in [2.45, 2.75) is 39.3 Å². The van der Waals surface area contributed by atoms with Crippen molar-refractivity contribution >= 4 is 40.9 Å². The highest BCUT2D eigenvalue weighted by Crippen LogP contribution is 2.21. The molecule has 26 heavy (non-hydrogen) atoms. The molecule has 9 heteroatoms. The van der Waals surface area contributed by atoms with E-state index in [1.54, 1.807) is 45.9 Å². The normalized spacial score (nSPS) is 13.0. The van der Waals surface area contributed by atoms with Crippen molar-refractivity contribution in [1.29, 1.82) is 0 Å². The molecule has 0 aliphatic heterocycles. The van der Waals surface area contributed by atoms with Gasteiger partial charge in [-0.1, -0.05) is 28.4 Å². The molecule has 0 saturated heterocycles. The molecule has 1 aromatic carbocycles.